The number of phenols is 1. The zero-order chi connectivity index (χ0) is 22.2. The van der Waals surface area contributed by atoms with Crippen LogP contribution in [0.3, 0.4) is 0 Å². The quantitative estimate of drug-likeness (QED) is 0.632. The summed E-state index contributed by atoms with van der Waals surface area (Å²) in [5.74, 6) is 2.90. The van der Waals surface area contributed by atoms with Crippen molar-refractivity contribution >= 4 is 5.71 Å². The number of methoxy groups -OCH3 is 3. The summed E-state index contributed by atoms with van der Waals surface area (Å²) in [6, 6.07) is 18.6. The summed E-state index contributed by atoms with van der Waals surface area (Å²) in [7, 11) is 4.88. The fourth-order valence-electron chi connectivity index (χ4n) is 4.36. The molecule has 0 aliphatic carbocycles. The first-order chi connectivity index (χ1) is 15.6. The average molecular weight is 432 g/mol. The molecular weight excluding hydrogens is 408 g/mol. The van der Waals surface area contributed by atoms with Crippen LogP contribution in [0.15, 0.2) is 65.8 Å². The minimum absolute atomic E-state index is 0.0932. The number of phenolic OH excluding ortho intramolecular Hbond substituents is 1. The average Bonchev–Trinajstić information content (AvgIpc) is 3.28. The molecule has 0 bridgehead atoms. The van der Waals surface area contributed by atoms with Crippen molar-refractivity contribution in [2.45, 2.75) is 18.7 Å². The highest BCUT2D eigenvalue weighted by atomic mass is 16.5. The maximum atomic E-state index is 10.4. The van der Waals surface area contributed by atoms with E-state index >= 15 is 0 Å². The van der Waals surface area contributed by atoms with Crippen molar-refractivity contribution in [3.63, 3.8) is 0 Å². The molecule has 2 aliphatic rings. The van der Waals surface area contributed by atoms with E-state index in [2.05, 4.69) is 0 Å². The first-order valence-corrected chi connectivity index (χ1v) is 10.3. The van der Waals surface area contributed by atoms with Gasteiger partial charge in [0.05, 0.1) is 38.6 Å². The van der Waals surface area contributed by atoms with Crippen molar-refractivity contribution in [3.05, 3.63) is 77.4 Å². The van der Waals surface area contributed by atoms with Gasteiger partial charge in [-0.1, -0.05) is 24.3 Å². The SMILES string of the molecule is COc1ccc(OC)c([C@H]2Oc3c(OC)cccc3[C@H]3CC(c4ccccc4O)=NN32)c1. The smallest absolute Gasteiger partial charge is 0.217 e. The van der Waals surface area contributed by atoms with Crippen molar-refractivity contribution in [2.24, 2.45) is 5.10 Å². The molecule has 0 unspecified atom stereocenters. The minimum Gasteiger partial charge on any atom is -0.507 e. The van der Waals surface area contributed by atoms with Crippen molar-refractivity contribution < 1.29 is 24.1 Å². The molecule has 2 heterocycles. The summed E-state index contributed by atoms with van der Waals surface area (Å²) in [6.07, 6.45) is 0.0429. The normalized spacial score (nSPS) is 18.8. The lowest BCUT2D eigenvalue weighted by molar-refractivity contribution is -0.0223. The molecular formula is C25H24N2O5. The monoisotopic (exact) mass is 432 g/mol. The second-order valence-corrected chi connectivity index (χ2v) is 7.62. The van der Waals surface area contributed by atoms with E-state index in [1.807, 2.05) is 53.5 Å². The van der Waals surface area contributed by atoms with Crippen molar-refractivity contribution in [1.29, 1.82) is 0 Å². The van der Waals surface area contributed by atoms with E-state index in [4.69, 9.17) is 24.0 Å². The van der Waals surface area contributed by atoms with Crippen LogP contribution in [0.5, 0.6) is 28.7 Å². The van der Waals surface area contributed by atoms with Crippen LogP contribution in [0.1, 0.15) is 35.4 Å². The molecule has 32 heavy (non-hydrogen) atoms. The zero-order valence-corrected chi connectivity index (χ0v) is 18.1. The van der Waals surface area contributed by atoms with Gasteiger partial charge in [0.1, 0.15) is 17.2 Å². The fraction of sp³-hybridized carbons (Fsp3) is 0.240. The molecule has 0 fully saturated rings. The summed E-state index contributed by atoms with van der Waals surface area (Å²) in [5, 5.41) is 17.3. The van der Waals surface area contributed by atoms with Crippen molar-refractivity contribution in [2.75, 3.05) is 21.3 Å². The number of hydrogen-bond acceptors (Lipinski definition) is 7. The minimum atomic E-state index is -0.572. The third-order valence-electron chi connectivity index (χ3n) is 5.92. The van der Waals surface area contributed by atoms with Crippen LogP contribution in [-0.4, -0.2) is 37.2 Å². The van der Waals surface area contributed by atoms with Crippen LogP contribution in [0.4, 0.5) is 0 Å². The number of aromatic hydroxyl groups is 1. The van der Waals surface area contributed by atoms with E-state index in [9.17, 15) is 5.11 Å². The molecule has 7 nitrogen and oxygen atoms in total. The van der Waals surface area contributed by atoms with Crippen LogP contribution in [0, 0.1) is 0 Å². The molecule has 0 aromatic heterocycles. The lowest BCUT2D eigenvalue weighted by Gasteiger charge is -2.39. The first kappa shape index (κ1) is 20.1. The number of hydrogen-bond donors (Lipinski definition) is 1. The van der Waals surface area contributed by atoms with Crippen LogP contribution < -0.4 is 18.9 Å². The van der Waals surface area contributed by atoms with E-state index in [0.717, 1.165) is 16.8 Å². The molecule has 2 aliphatic heterocycles. The largest absolute Gasteiger partial charge is 0.507 e. The summed E-state index contributed by atoms with van der Waals surface area (Å²) in [5.41, 5.74) is 3.27. The van der Waals surface area contributed by atoms with E-state index in [1.54, 1.807) is 33.5 Å². The Labute approximate surface area is 186 Å². The molecule has 0 radical (unpaired) electrons. The highest BCUT2D eigenvalue weighted by Crippen LogP contribution is 2.52. The number of nitrogens with zero attached hydrogens (tertiary/aromatic N) is 2. The summed E-state index contributed by atoms with van der Waals surface area (Å²) in [4.78, 5) is 0. The zero-order valence-electron chi connectivity index (χ0n) is 18.1. The summed E-state index contributed by atoms with van der Waals surface area (Å²) in [6.45, 7) is 0. The Morgan fingerprint density at radius 3 is 2.47 bits per heavy atom. The van der Waals surface area contributed by atoms with Crippen molar-refractivity contribution in [1.82, 2.24) is 5.01 Å². The Hall–Kier alpha value is -3.87. The van der Waals surface area contributed by atoms with Gasteiger partial charge in [0.25, 0.3) is 0 Å². The third kappa shape index (κ3) is 3.17. The van der Waals surface area contributed by atoms with Gasteiger partial charge in [-0.05, 0) is 36.4 Å². The van der Waals surface area contributed by atoms with Crippen LogP contribution >= 0.6 is 0 Å². The Bertz CT molecular complexity index is 1190. The first-order valence-electron chi connectivity index (χ1n) is 10.3. The topological polar surface area (TPSA) is 72.8 Å². The Kier molecular flexibility index (Phi) is 5.01. The Morgan fingerprint density at radius 2 is 1.72 bits per heavy atom. The summed E-state index contributed by atoms with van der Waals surface area (Å²) < 4.78 is 23.2. The van der Waals surface area contributed by atoms with Gasteiger partial charge in [-0.25, -0.2) is 5.01 Å². The highest BCUT2D eigenvalue weighted by Gasteiger charge is 2.43. The molecule has 0 saturated heterocycles. The predicted octanol–water partition coefficient (Wildman–Crippen LogP) is 4.66. The molecule has 3 aromatic rings. The van der Waals surface area contributed by atoms with Crippen LogP contribution in [0.2, 0.25) is 0 Å². The standard InChI is InChI=1S/C25H24N2O5/c1-29-15-11-12-22(30-2)18(13-15)25-27-20(17-8-6-10-23(31-3)24(17)32-25)14-19(26-27)16-7-4-5-9-21(16)28/h4-13,20,25,28H,14H2,1-3H3/t20-,25-/m1/s1. The van der Waals surface area contributed by atoms with Crippen molar-refractivity contribution in [3.8, 4) is 28.7 Å². The molecule has 3 aromatic carbocycles. The summed E-state index contributed by atoms with van der Waals surface area (Å²) >= 11 is 0. The molecule has 164 valence electrons. The van der Waals surface area contributed by atoms with Crippen LogP contribution in [-0.2, 0) is 0 Å². The molecule has 0 saturated carbocycles. The maximum absolute atomic E-state index is 10.4. The van der Waals surface area contributed by atoms with E-state index in [-0.39, 0.29) is 11.8 Å². The molecule has 0 spiro atoms. The van der Waals surface area contributed by atoms with Gasteiger partial charge in [-0.15, -0.1) is 0 Å². The highest BCUT2D eigenvalue weighted by molar-refractivity contribution is 6.04. The predicted molar refractivity (Wildman–Crippen MR) is 120 cm³/mol. The van der Waals surface area contributed by atoms with Gasteiger partial charge >= 0.3 is 0 Å². The molecule has 0 amide bonds. The Balaban J connectivity index is 1.67. The van der Waals surface area contributed by atoms with E-state index in [0.29, 0.717) is 35.0 Å². The number of benzene rings is 3. The van der Waals surface area contributed by atoms with Gasteiger partial charge in [0.2, 0.25) is 6.23 Å². The lowest BCUT2D eigenvalue weighted by Crippen LogP contribution is -2.34. The van der Waals surface area contributed by atoms with E-state index < -0.39 is 6.23 Å². The second kappa shape index (κ2) is 8.00. The van der Waals surface area contributed by atoms with Gasteiger partial charge < -0.3 is 24.1 Å². The number of hydrazone groups is 1. The molecule has 5 rings (SSSR count). The third-order valence-corrected chi connectivity index (χ3v) is 5.92. The maximum Gasteiger partial charge on any atom is 0.217 e. The van der Waals surface area contributed by atoms with Gasteiger partial charge in [0.15, 0.2) is 11.5 Å². The molecule has 2 atom stereocenters. The number of para-hydroxylation sites is 2. The number of rotatable bonds is 5. The van der Waals surface area contributed by atoms with Gasteiger partial charge in [-0.2, -0.15) is 5.10 Å². The number of fused-ring (bicyclic) bond motifs is 3. The lowest BCUT2D eigenvalue weighted by atomic mass is 9.95. The second-order valence-electron chi connectivity index (χ2n) is 7.62. The molecule has 7 heteroatoms. The molecule has 1 N–H and O–H groups in total. The van der Waals surface area contributed by atoms with Crippen LogP contribution in [0.25, 0.3) is 0 Å². The fourth-order valence-corrected chi connectivity index (χ4v) is 4.36. The van der Waals surface area contributed by atoms with E-state index in [1.165, 1.54) is 0 Å². The van der Waals surface area contributed by atoms with Gasteiger partial charge in [-0.3, -0.25) is 0 Å². The Morgan fingerprint density at radius 1 is 0.906 bits per heavy atom. The number of ether oxygens (including phenoxy) is 4. The van der Waals surface area contributed by atoms with Gasteiger partial charge in [0, 0.05) is 17.5 Å².